The number of ketones is 2. The van der Waals surface area contributed by atoms with Crippen LogP contribution in [0.3, 0.4) is 0 Å². The summed E-state index contributed by atoms with van der Waals surface area (Å²) in [6.45, 7) is 5.59. The number of halogens is 3. The molecule has 2 aliphatic carbocycles. The second-order valence-electron chi connectivity index (χ2n) is 11.7. The highest BCUT2D eigenvalue weighted by Crippen LogP contribution is 2.45. The van der Waals surface area contributed by atoms with Gasteiger partial charge in [-0.2, -0.15) is 10.2 Å². The van der Waals surface area contributed by atoms with Crippen molar-refractivity contribution in [1.82, 2.24) is 39.5 Å². The lowest BCUT2D eigenvalue weighted by Crippen LogP contribution is -2.29. The van der Waals surface area contributed by atoms with Crippen molar-refractivity contribution in [3.8, 4) is 0 Å². The first kappa shape index (κ1) is 31.4. The minimum absolute atomic E-state index is 0.0632. The predicted molar refractivity (Wildman–Crippen MR) is 181 cm³/mol. The van der Waals surface area contributed by atoms with E-state index in [0.717, 1.165) is 50.5 Å². The zero-order valence-electron chi connectivity index (χ0n) is 25.6. The molecule has 2 aromatic carbocycles. The van der Waals surface area contributed by atoms with Crippen LogP contribution in [0.25, 0.3) is 22.1 Å². The summed E-state index contributed by atoms with van der Waals surface area (Å²) in [6, 6.07) is 11.3. The second kappa shape index (κ2) is 12.4. The Hall–Kier alpha value is -4.23. The fourth-order valence-electron chi connectivity index (χ4n) is 6.57. The van der Waals surface area contributed by atoms with E-state index in [1.807, 2.05) is 35.9 Å². The fraction of sp³-hybridized carbons (Fsp3) is 0.294. The Morgan fingerprint density at radius 3 is 2.38 bits per heavy atom. The number of rotatable bonds is 6. The Bertz CT molecular complexity index is 2200. The third-order valence-corrected chi connectivity index (χ3v) is 9.58. The van der Waals surface area contributed by atoms with Crippen molar-refractivity contribution in [2.75, 3.05) is 0 Å². The van der Waals surface area contributed by atoms with Gasteiger partial charge in [-0.1, -0.05) is 57.8 Å². The van der Waals surface area contributed by atoms with Gasteiger partial charge in [-0.15, -0.1) is 0 Å². The molecule has 8 rings (SSSR count). The van der Waals surface area contributed by atoms with Gasteiger partial charge in [0.1, 0.15) is 18.3 Å². The first-order valence-electron chi connectivity index (χ1n) is 15.4. The van der Waals surface area contributed by atoms with Gasteiger partial charge in [0.25, 0.3) is 0 Å². The van der Waals surface area contributed by atoms with Crippen molar-refractivity contribution in [3.63, 3.8) is 0 Å². The highest BCUT2D eigenvalue weighted by atomic mass is 79.9. The van der Waals surface area contributed by atoms with Crippen LogP contribution in [-0.4, -0.2) is 51.1 Å². The number of nitrogens with zero attached hydrogens (tertiary/aromatic N) is 8. The van der Waals surface area contributed by atoms with Gasteiger partial charge in [0.15, 0.2) is 22.9 Å². The van der Waals surface area contributed by atoms with E-state index in [0.29, 0.717) is 40.8 Å². The number of aryl methyl sites for hydroxylation is 2. The normalized spacial score (nSPS) is 18.4. The largest absolute Gasteiger partial charge is 0.298 e. The molecule has 0 saturated heterocycles. The number of benzene rings is 2. The molecule has 0 spiro atoms. The topological polar surface area (TPSA) is 121 Å². The van der Waals surface area contributed by atoms with Crippen LogP contribution in [0.4, 0.5) is 4.39 Å². The molecule has 4 heterocycles. The maximum atomic E-state index is 16.0. The zero-order chi connectivity index (χ0) is 32.9. The average Bonchev–Trinajstić information content (AvgIpc) is 3.78. The van der Waals surface area contributed by atoms with Gasteiger partial charge in [0.05, 0.1) is 22.4 Å². The number of hydrogen-bond donors (Lipinski definition) is 0. The Labute approximate surface area is 286 Å². The molecule has 238 valence electrons. The molecule has 0 aliphatic heterocycles. The van der Waals surface area contributed by atoms with E-state index in [1.165, 1.54) is 12.7 Å². The molecule has 6 aromatic rings. The Balaban J connectivity index is 0.000000150. The zero-order valence-corrected chi connectivity index (χ0v) is 28.8. The maximum Gasteiger partial charge on any atom is 0.236 e. The molecule has 0 fully saturated rings. The summed E-state index contributed by atoms with van der Waals surface area (Å²) in [5.74, 6) is -0.579. The summed E-state index contributed by atoms with van der Waals surface area (Å²) >= 11 is 6.87. The van der Waals surface area contributed by atoms with Crippen molar-refractivity contribution in [2.24, 2.45) is 0 Å². The first-order chi connectivity index (χ1) is 22.7. The number of carbonyl (C=O) groups is 2. The highest BCUT2D eigenvalue weighted by molar-refractivity contribution is 9.10. The molecular formula is C34H29Br2FN8O2. The molecule has 0 N–H and O–H groups in total. The van der Waals surface area contributed by atoms with Crippen LogP contribution in [0, 0.1) is 0 Å². The number of aromatic nitrogens is 8. The van der Waals surface area contributed by atoms with Crippen LogP contribution in [0.5, 0.6) is 0 Å². The standard InChI is InChI=1S/C17H14BrFN4O.C17H15BrN4O/c1-2-5-23-8-12-15(20-9-21-16(12)22-23)17(19)13-7-11(18)4-3-10(13)6-14(17)24;1-2-5-22-16(13-8-19-9-20-17(13)21-22)15-12-7-11(18)4-3-10(12)6-14(15)23/h3-4,7-9H,2,5-6H2,1H3;3-4,7-9,15H,2,5-6H2,1H3. The van der Waals surface area contributed by atoms with Crippen LogP contribution < -0.4 is 0 Å². The number of fused-ring (bicyclic) bond motifs is 4. The minimum Gasteiger partial charge on any atom is -0.298 e. The first-order valence-corrected chi connectivity index (χ1v) is 17.0. The molecule has 47 heavy (non-hydrogen) atoms. The van der Waals surface area contributed by atoms with E-state index in [4.69, 9.17) is 0 Å². The Morgan fingerprint density at radius 1 is 0.872 bits per heavy atom. The molecule has 4 aromatic heterocycles. The van der Waals surface area contributed by atoms with Crippen molar-refractivity contribution >= 4 is 65.5 Å². The van der Waals surface area contributed by atoms with Crippen LogP contribution >= 0.6 is 31.9 Å². The van der Waals surface area contributed by atoms with Crippen molar-refractivity contribution < 1.29 is 14.0 Å². The summed E-state index contributed by atoms with van der Waals surface area (Å²) in [5.41, 5.74) is 3.00. The molecule has 0 radical (unpaired) electrons. The van der Waals surface area contributed by atoms with Crippen LogP contribution in [-0.2, 0) is 41.2 Å². The fourth-order valence-corrected chi connectivity index (χ4v) is 7.31. The summed E-state index contributed by atoms with van der Waals surface area (Å²) in [4.78, 5) is 41.9. The number of carbonyl (C=O) groups excluding carboxylic acids is 2. The summed E-state index contributed by atoms with van der Waals surface area (Å²) in [6.07, 6.45) is 8.63. The molecule has 0 amide bonds. The van der Waals surface area contributed by atoms with E-state index >= 15 is 4.39 Å². The van der Waals surface area contributed by atoms with E-state index in [1.54, 1.807) is 29.2 Å². The summed E-state index contributed by atoms with van der Waals surface area (Å²) in [5, 5.41) is 10.3. The Kier molecular flexibility index (Phi) is 8.29. The van der Waals surface area contributed by atoms with Gasteiger partial charge in [0.2, 0.25) is 5.67 Å². The van der Waals surface area contributed by atoms with Crippen molar-refractivity contribution in [3.05, 3.63) is 104 Å². The van der Waals surface area contributed by atoms with E-state index < -0.39 is 11.5 Å². The molecule has 2 aliphatic rings. The monoisotopic (exact) mass is 758 g/mol. The van der Waals surface area contributed by atoms with E-state index in [9.17, 15) is 9.59 Å². The van der Waals surface area contributed by atoms with Crippen LogP contribution in [0.15, 0.2) is 70.4 Å². The summed E-state index contributed by atoms with van der Waals surface area (Å²) in [7, 11) is 0. The molecule has 0 bridgehead atoms. The van der Waals surface area contributed by atoms with Gasteiger partial charge in [-0.3, -0.25) is 19.0 Å². The molecule has 10 nitrogen and oxygen atoms in total. The van der Waals surface area contributed by atoms with Crippen LogP contribution in [0.1, 0.15) is 66.2 Å². The third-order valence-electron chi connectivity index (χ3n) is 8.60. The number of hydrogen-bond acceptors (Lipinski definition) is 8. The number of Topliss-reactive ketones (excluding diaryl/α,β-unsaturated/α-hetero) is 2. The quantitative estimate of drug-likeness (QED) is 0.187. The van der Waals surface area contributed by atoms with Crippen molar-refractivity contribution in [1.29, 1.82) is 0 Å². The summed E-state index contributed by atoms with van der Waals surface area (Å²) < 4.78 is 21.4. The lowest BCUT2D eigenvalue weighted by molar-refractivity contribution is -0.126. The lowest BCUT2D eigenvalue weighted by atomic mass is 9.91. The minimum atomic E-state index is -2.26. The lowest BCUT2D eigenvalue weighted by Gasteiger charge is -2.19. The van der Waals surface area contributed by atoms with Crippen molar-refractivity contribution in [2.45, 2.75) is 64.2 Å². The van der Waals surface area contributed by atoms with E-state index in [-0.39, 0.29) is 23.8 Å². The molecule has 2 unspecified atom stereocenters. The molecule has 0 saturated carbocycles. The Morgan fingerprint density at radius 2 is 1.60 bits per heavy atom. The average molecular weight is 760 g/mol. The molecular weight excluding hydrogens is 731 g/mol. The van der Waals surface area contributed by atoms with E-state index in [2.05, 4.69) is 68.9 Å². The third kappa shape index (κ3) is 5.38. The maximum absolute atomic E-state index is 16.0. The van der Waals surface area contributed by atoms with Gasteiger partial charge in [-0.05, 0) is 53.8 Å². The number of alkyl halides is 1. The van der Waals surface area contributed by atoms with Gasteiger partial charge in [-0.25, -0.2) is 24.3 Å². The van der Waals surface area contributed by atoms with Gasteiger partial charge >= 0.3 is 0 Å². The molecule has 2 atom stereocenters. The van der Waals surface area contributed by atoms with Gasteiger partial charge < -0.3 is 0 Å². The van der Waals surface area contributed by atoms with Gasteiger partial charge in [0, 0.05) is 52.8 Å². The van der Waals surface area contributed by atoms with Crippen LogP contribution in [0.2, 0.25) is 0 Å². The predicted octanol–water partition coefficient (Wildman–Crippen LogP) is 6.59. The SMILES string of the molecule is CCCn1cc2c(C3(F)C(=O)Cc4ccc(Br)cc43)ncnc2n1.CCCn1nc2ncncc2c1C1C(=O)Cc2ccc(Br)cc21. The second-order valence-corrected chi connectivity index (χ2v) is 13.5. The highest BCUT2D eigenvalue weighted by Gasteiger charge is 2.51. The smallest absolute Gasteiger partial charge is 0.236 e. The molecule has 13 heteroatoms.